The van der Waals surface area contributed by atoms with E-state index in [9.17, 15) is 4.79 Å². The summed E-state index contributed by atoms with van der Waals surface area (Å²) in [7, 11) is 0. The number of aryl methyl sites for hydroxylation is 1. The quantitative estimate of drug-likeness (QED) is 0.593. The van der Waals surface area contributed by atoms with E-state index in [1.807, 2.05) is 24.4 Å². The minimum Gasteiger partial charge on any atom is -0.440 e. The van der Waals surface area contributed by atoms with Gasteiger partial charge in [0.25, 0.3) is 0 Å². The van der Waals surface area contributed by atoms with E-state index in [1.165, 1.54) is 31.5 Å². The summed E-state index contributed by atoms with van der Waals surface area (Å²) in [6.07, 6.45) is 2.82. The van der Waals surface area contributed by atoms with Crippen molar-refractivity contribution in [1.82, 2.24) is 15.2 Å². The van der Waals surface area contributed by atoms with Crippen molar-refractivity contribution < 1.29 is 9.21 Å². The predicted molar refractivity (Wildman–Crippen MR) is 120 cm³/mol. The lowest BCUT2D eigenvalue weighted by molar-refractivity contribution is -0.120. The number of piperidine rings is 1. The first kappa shape index (κ1) is 20.8. The van der Waals surface area contributed by atoms with E-state index in [2.05, 4.69) is 46.4 Å². The van der Waals surface area contributed by atoms with Crippen LogP contribution in [0.3, 0.4) is 0 Å². The first-order valence-electron chi connectivity index (χ1n) is 10.6. The Kier molecular flexibility index (Phi) is 6.65. The molecule has 3 heterocycles. The van der Waals surface area contributed by atoms with E-state index in [-0.39, 0.29) is 12.3 Å². The van der Waals surface area contributed by atoms with Crippen LogP contribution >= 0.6 is 11.3 Å². The normalized spacial score (nSPS) is 15.4. The Hall–Kier alpha value is -2.44. The number of thiophene rings is 1. The number of oxazole rings is 1. The van der Waals surface area contributed by atoms with Gasteiger partial charge in [-0.2, -0.15) is 0 Å². The van der Waals surface area contributed by atoms with Crippen molar-refractivity contribution in [3.8, 4) is 10.8 Å². The second kappa shape index (κ2) is 9.58. The van der Waals surface area contributed by atoms with Crippen molar-refractivity contribution in [2.45, 2.75) is 46.2 Å². The van der Waals surface area contributed by atoms with E-state index in [1.54, 1.807) is 11.3 Å². The molecule has 0 atom stereocenters. The summed E-state index contributed by atoms with van der Waals surface area (Å²) in [5.74, 6) is 2.10. The molecule has 1 N–H and O–H groups in total. The van der Waals surface area contributed by atoms with Gasteiger partial charge in [-0.05, 0) is 61.3 Å². The number of hydrogen-bond acceptors (Lipinski definition) is 5. The number of rotatable bonds is 7. The number of benzene rings is 1. The maximum Gasteiger partial charge on any atom is 0.236 e. The van der Waals surface area contributed by atoms with Crippen molar-refractivity contribution in [2.75, 3.05) is 13.1 Å². The maximum absolute atomic E-state index is 12.4. The molecule has 4 rings (SSSR count). The Labute approximate surface area is 182 Å². The van der Waals surface area contributed by atoms with Crippen LogP contribution in [0.25, 0.3) is 10.8 Å². The molecule has 0 saturated carbocycles. The van der Waals surface area contributed by atoms with E-state index in [4.69, 9.17) is 4.42 Å². The Morgan fingerprint density at radius 1 is 1.20 bits per heavy atom. The van der Waals surface area contributed by atoms with Crippen LogP contribution in [0, 0.1) is 12.8 Å². The van der Waals surface area contributed by atoms with Crippen LogP contribution < -0.4 is 5.32 Å². The van der Waals surface area contributed by atoms with Crippen LogP contribution in [0.5, 0.6) is 0 Å². The SMILES string of the molecule is Cc1oc(-c2cccs2)nc1CC(=O)NCc1ccc(CN2CCC(C)CC2)cc1. The van der Waals surface area contributed by atoms with Crippen LogP contribution in [-0.2, 0) is 24.3 Å². The number of likely N-dealkylation sites (tertiary alicyclic amines) is 1. The lowest BCUT2D eigenvalue weighted by Crippen LogP contribution is -2.32. The molecule has 5 nitrogen and oxygen atoms in total. The second-order valence-electron chi connectivity index (χ2n) is 8.23. The van der Waals surface area contributed by atoms with Crippen LogP contribution in [0.2, 0.25) is 0 Å². The molecule has 2 aromatic heterocycles. The molecule has 1 fully saturated rings. The van der Waals surface area contributed by atoms with Crippen molar-refractivity contribution in [3.63, 3.8) is 0 Å². The average molecular weight is 424 g/mol. The summed E-state index contributed by atoms with van der Waals surface area (Å²) < 4.78 is 5.72. The molecule has 1 aliphatic rings. The number of nitrogens with one attached hydrogen (secondary N) is 1. The first-order chi connectivity index (χ1) is 14.6. The summed E-state index contributed by atoms with van der Waals surface area (Å²) in [5.41, 5.74) is 3.14. The van der Waals surface area contributed by atoms with Crippen LogP contribution in [0.15, 0.2) is 46.2 Å². The Bertz CT molecular complexity index is 955. The maximum atomic E-state index is 12.4. The number of amides is 1. The molecule has 6 heteroatoms. The highest BCUT2D eigenvalue weighted by atomic mass is 32.1. The minimum atomic E-state index is -0.0457. The van der Waals surface area contributed by atoms with E-state index in [0.29, 0.717) is 23.9 Å². The molecule has 0 spiro atoms. The van der Waals surface area contributed by atoms with Crippen LogP contribution in [0.1, 0.15) is 42.3 Å². The molecule has 30 heavy (non-hydrogen) atoms. The van der Waals surface area contributed by atoms with Gasteiger partial charge in [0.15, 0.2) is 0 Å². The molecule has 0 unspecified atom stereocenters. The topological polar surface area (TPSA) is 58.4 Å². The fourth-order valence-corrected chi connectivity index (χ4v) is 4.40. The molecule has 1 amide bonds. The van der Waals surface area contributed by atoms with Gasteiger partial charge >= 0.3 is 0 Å². The first-order valence-corrected chi connectivity index (χ1v) is 11.5. The molecular weight excluding hydrogens is 394 g/mol. The highest BCUT2D eigenvalue weighted by Gasteiger charge is 2.16. The highest BCUT2D eigenvalue weighted by Crippen LogP contribution is 2.26. The number of aromatic nitrogens is 1. The van der Waals surface area contributed by atoms with Gasteiger partial charge in [-0.25, -0.2) is 4.98 Å². The van der Waals surface area contributed by atoms with Gasteiger partial charge in [-0.3, -0.25) is 9.69 Å². The molecule has 1 aliphatic heterocycles. The average Bonchev–Trinajstić information content (AvgIpc) is 3.40. The third kappa shape index (κ3) is 5.37. The van der Waals surface area contributed by atoms with E-state index in [0.717, 1.165) is 22.9 Å². The fourth-order valence-electron chi connectivity index (χ4n) is 3.75. The Balaban J connectivity index is 1.26. The zero-order valence-corrected chi connectivity index (χ0v) is 18.5. The smallest absolute Gasteiger partial charge is 0.236 e. The monoisotopic (exact) mass is 423 g/mol. The summed E-state index contributed by atoms with van der Waals surface area (Å²) >= 11 is 1.58. The van der Waals surface area contributed by atoms with E-state index < -0.39 is 0 Å². The summed E-state index contributed by atoms with van der Waals surface area (Å²) in [4.78, 5) is 20.4. The molecule has 3 aromatic rings. The van der Waals surface area contributed by atoms with Gasteiger partial charge in [0.1, 0.15) is 5.76 Å². The molecule has 0 bridgehead atoms. The lowest BCUT2D eigenvalue weighted by Gasteiger charge is -2.30. The summed E-state index contributed by atoms with van der Waals surface area (Å²) in [6, 6.07) is 12.5. The summed E-state index contributed by atoms with van der Waals surface area (Å²) in [6.45, 7) is 8.11. The molecular formula is C24H29N3O2S. The predicted octanol–water partition coefficient (Wildman–Crippen LogP) is 4.80. The molecule has 1 aromatic carbocycles. The van der Waals surface area contributed by atoms with Gasteiger partial charge in [0, 0.05) is 13.1 Å². The number of nitrogens with zero attached hydrogens (tertiary/aromatic N) is 2. The summed E-state index contributed by atoms with van der Waals surface area (Å²) in [5, 5.41) is 4.98. The van der Waals surface area contributed by atoms with Crippen LogP contribution in [0.4, 0.5) is 0 Å². The third-order valence-corrected chi connectivity index (χ3v) is 6.61. The van der Waals surface area contributed by atoms with Gasteiger partial charge in [0.2, 0.25) is 11.8 Å². The lowest BCUT2D eigenvalue weighted by atomic mass is 9.99. The molecule has 1 saturated heterocycles. The number of carbonyl (C=O) groups excluding carboxylic acids is 1. The van der Waals surface area contributed by atoms with Gasteiger partial charge < -0.3 is 9.73 Å². The third-order valence-electron chi connectivity index (χ3n) is 5.75. The van der Waals surface area contributed by atoms with Crippen molar-refractivity contribution >= 4 is 17.2 Å². The van der Waals surface area contributed by atoms with E-state index >= 15 is 0 Å². The number of hydrogen-bond donors (Lipinski definition) is 1. The highest BCUT2D eigenvalue weighted by molar-refractivity contribution is 7.13. The van der Waals surface area contributed by atoms with Crippen LogP contribution in [-0.4, -0.2) is 28.9 Å². The van der Waals surface area contributed by atoms with Gasteiger partial charge in [0.05, 0.1) is 17.0 Å². The molecule has 158 valence electrons. The Morgan fingerprint density at radius 2 is 1.93 bits per heavy atom. The fraction of sp³-hybridized carbons (Fsp3) is 0.417. The zero-order chi connectivity index (χ0) is 20.9. The zero-order valence-electron chi connectivity index (χ0n) is 17.7. The van der Waals surface area contributed by atoms with Crippen molar-refractivity contribution in [3.05, 3.63) is 64.4 Å². The van der Waals surface area contributed by atoms with Crippen molar-refractivity contribution in [1.29, 1.82) is 0 Å². The standard InChI is InChI=1S/C24H29N3O2S/c1-17-9-11-27(12-10-17)16-20-7-5-19(6-8-20)15-25-23(28)14-21-18(2)29-24(26-21)22-4-3-13-30-22/h3-8,13,17H,9-12,14-16H2,1-2H3,(H,25,28). The largest absolute Gasteiger partial charge is 0.440 e. The molecule has 0 aliphatic carbocycles. The minimum absolute atomic E-state index is 0.0457. The van der Waals surface area contributed by atoms with Gasteiger partial charge in [-0.1, -0.05) is 37.3 Å². The number of carbonyl (C=O) groups is 1. The second-order valence-corrected chi connectivity index (χ2v) is 9.18. The van der Waals surface area contributed by atoms with Gasteiger partial charge in [-0.15, -0.1) is 11.3 Å². The Morgan fingerprint density at radius 3 is 2.63 bits per heavy atom. The van der Waals surface area contributed by atoms with Crippen molar-refractivity contribution in [2.24, 2.45) is 5.92 Å². The molecule has 0 radical (unpaired) electrons.